The van der Waals surface area contributed by atoms with Crippen molar-refractivity contribution in [3.63, 3.8) is 0 Å². The second-order valence-electron chi connectivity index (χ2n) is 6.00. The van der Waals surface area contributed by atoms with Crippen LogP contribution in [0.3, 0.4) is 0 Å². The van der Waals surface area contributed by atoms with E-state index in [1.54, 1.807) is 6.92 Å². The van der Waals surface area contributed by atoms with Crippen LogP contribution in [-0.2, 0) is 7.43 Å². The molecular formula is C6H20Cl2N2Pd. The van der Waals surface area contributed by atoms with Crippen molar-refractivity contribution < 1.29 is 7.43 Å². The SMILES string of the molecule is C[CH]=[Pd]([CH3])([CH3])([CH3])([CH3])([NH2])([NH2])([Cl])[Cl]. The third kappa shape index (κ3) is 11.0. The van der Waals surface area contributed by atoms with Crippen molar-refractivity contribution in [3.8, 4) is 0 Å². The summed E-state index contributed by atoms with van der Waals surface area (Å²) in [5.74, 6) is 0. The third-order valence-electron chi connectivity index (χ3n) is 1.08. The van der Waals surface area contributed by atoms with Crippen LogP contribution in [0.2, 0.25) is 21.6 Å². The fraction of sp³-hybridized carbons (Fsp3) is 0.833. The fourth-order valence-electron chi connectivity index (χ4n) is 0. The van der Waals surface area contributed by atoms with Crippen LogP contribution in [0.25, 0.3) is 0 Å². The first-order valence-electron chi connectivity index (χ1n) is 2.63. The predicted octanol–water partition coefficient (Wildman–Crippen LogP) is 2.89. The van der Waals surface area contributed by atoms with E-state index in [1.807, 2.05) is 0 Å². The van der Waals surface area contributed by atoms with E-state index < -0.39 is 7.43 Å². The molecule has 78 valence electrons. The van der Waals surface area contributed by atoms with E-state index in [-0.39, 0.29) is 0 Å². The van der Waals surface area contributed by atoms with Crippen LogP contribution in [-0.4, -0.2) is 4.49 Å². The summed E-state index contributed by atoms with van der Waals surface area (Å²) >= 11 is 0. The molecule has 0 fully saturated rings. The van der Waals surface area contributed by atoms with Crippen molar-refractivity contribution in [2.45, 2.75) is 28.5 Å². The molecule has 0 spiro atoms. The summed E-state index contributed by atoms with van der Waals surface area (Å²) in [6.07, 6.45) is 0. The van der Waals surface area contributed by atoms with Gasteiger partial charge in [-0.1, -0.05) is 0 Å². The van der Waals surface area contributed by atoms with Gasteiger partial charge in [-0.3, -0.25) is 0 Å². The topological polar surface area (TPSA) is 52.0 Å². The first kappa shape index (κ1) is 12.0. The standard InChI is InChI=1S/C2H4.4CH3.2ClH.2H2N.Pd/c1-2;;;;;;;;;/h1H,2H3;4*1H3;2*1H;2*1H2;/q;;;;;;;2*-1;+4/p-2. The molecule has 0 unspecified atom stereocenters. The van der Waals surface area contributed by atoms with Gasteiger partial charge in [0.2, 0.25) is 0 Å². The molecule has 0 aliphatic carbocycles. The van der Waals surface area contributed by atoms with Crippen molar-refractivity contribution in [1.29, 1.82) is 0 Å². The van der Waals surface area contributed by atoms with Gasteiger partial charge in [-0.15, -0.1) is 0 Å². The van der Waals surface area contributed by atoms with Crippen LogP contribution in [0.1, 0.15) is 6.92 Å². The van der Waals surface area contributed by atoms with E-state index in [9.17, 15) is 0 Å². The second kappa shape index (κ2) is 0.768. The average Bonchev–Trinajstić information content (AvgIpc) is 1.24. The summed E-state index contributed by atoms with van der Waals surface area (Å²) in [5, 5.41) is 6.06. The van der Waals surface area contributed by atoms with E-state index in [0.29, 0.717) is 0 Å². The molecule has 11 heavy (non-hydrogen) atoms. The number of hydrogen-bond donors (Lipinski definition) is 2. The molecule has 0 aliphatic heterocycles. The number of hydrogen-bond acceptors (Lipinski definition) is 2. The van der Waals surface area contributed by atoms with Gasteiger partial charge >= 0.3 is 68.2 Å². The summed E-state index contributed by atoms with van der Waals surface area (Å²) in [6, 6.07) is 0. The molecule has 0 aliphatic rings. The van der Waals surface area contributed by atoms with Crippen molar-refractivity contribution >= 4 is 23.5 Å². The average molecular weight is 298 g/mol. The normalized spacial score (nSPS) is 32.6. The number of rotatable bonds is 0. The zero-order valence-corrected chi connectivity index (χ0v) is 10.9. The Balaban J connectivity index is 7.24. The minimum absolute atomic E-state index is 1.51. The molecule has 0 heterocycles. The van der Waals surface area contributed by atoms with E-state index in [0.717, 1.165) is 0 Å². The summed E-state index contributed by atoms with van der Waals surface area (Å²) in [7, 11) is 6.99. The van der Waals surface area contributed by atoms with Gasteiger partial charge in [0.15, 0.2) is 0 Å². The van der Waals surface area contributed by atoms with Gasteiger partial charge in [0.25, 0.3) is 0 Å². The molecule has 0 aromatic carbocycles. The van der Waals surface area contributed by atoms with Gasteiger partial charge in [0.05, 0.1) is 0 Å². The van der Waals surface area contributed by atoms with Crippen LogP contribution in [0.15, 0.2) is 0 Å². The Morgan fingerprint density at radius 1 is 1.00 bits per heavy atom. The van der Waals surface area contributed by atoms with Crippen molar-refractivity contribution in [2.24, 2.45) is 8.73 Å². The molecule has 0 amide bonds. The summed E-state index contributed by atoms with van der Waals surface area (Å²) < 4.78 is 13.8. The zero-order valence-electron chi connectivity index (χ0n) is 7.80. The molecule has 5 heteroatoms. The molecule has 0 aromatic rings. The minimum atomic E-state index is -5.81. The molecular weight excluding hydrogens is 277 g/mol. The number of nitrogens with two attached hydrogens (primary N) is 2. The van der Waals surface area contributed by atoms with Crippen LogP contribution >= 0.6 is 19.1 Å². The van der Waals surface area contributed by atoms with Crippen molar-refractivity contribution in [2.75, 3.05) is 0 Å². The van der Waals surface area contributed by atoms with Crippen molar-refractivity contribution in [3.05, 3.63) is 0 Å². The van der Waals surface area contributed by atoms with Gasteiger partial charge in [0.1, 0.15) is 0 Å². The molecule has 0 saturated heterocycles. The predicted molar refractivity (Wildman–Crippen MR) is 55.3 cm³/mol. The van der Waals surface area contributed by atoms with Gasteiger partial charge in [-0.05, 0) is 0 Å². The van der Waals surface area contributed by atoms with Crippen molar-refractivity contribution in [1.82, 2.24) is 0 Å². The number of halogens is 2. The maximum absolute atomic E-state index is 6.40. The summed E-state index contributed by atoms with van der Waals surface area (Å²) in [6.45, 7) is 1.68. The van der Waals surface area contributed by atoms with Gasteiger partial charge in [-0.2, -0.15) is 0 Å². The van der Waals surface area contributed by atoms with E-state index in [4.69, 9.17) is 27.8 Å². The quantitative estimate of drug-likeness (QED) is 0.676. The molecule has 2 nitrogen and oxygen atoms in total. The van der Waals surface area contributed by atoms with Crippen LogP contribution in [0, 0.1) is 0 Å². The molecule has 0 radical (unpaired) electrons. The van der Waals surface area contributed by atoms with Gasteiger partial charge < -0.3 is 0 Å². The molecule has 4 N–H and O–H groups in total. The monoisotopic (exact) mass is 296 g/mol. The Morgan fingerprint density at radius 2 is 1.09 bits per heavy atom. The Bertz CT molecular complexity index is 340. The molecule has 0 bridgehead atoms. The Morgan fingerprint density at radius 3 is 1.09 bits per heavy atom. The van der Waals surface area contributed by atoms with E-state index in [1.165, 1.54) is 26.1 Å². The molecule has 0 aromatic heterocycles. The Labute approximate surface area is 68.1 Å². The van der Waals surface area contributed by atoms with Gasteiger partial charge in [0, 0.05) is 0 Å². The Kier molecular flexibility index (Phi) is 0.840. The second-order valence-corrected chi connectivity index (χ2v) is 53.9. The molecule has 0 atom stereocenters. The maximum atomic E-state index is 6.40. The van der Waals surface area contributed by atoms with Crippen LogP contribution in [0.5, 0.6) is 0 Å². The van der Waals surface area contributed by atoms with Crippen LogP contribution < -0.4 is 8.73 Å². The fourth-order valence-corrected chi connectivity index (χ4v) is 0. The third-order valence-corrected chi connectivity index (χ3v) is 8.02. The molecule has 0 rings (SSSR count). The van der Waals surface area contributed by atoms with E-state index >= 15 is 0 Å². The van der Waals surface area contributed by atoms with Gasteiger partial charge in [-0.25, -0.2) is 0 Å². The van der Waals surface area contributed by atoms with E-state index in [2.05, 4.69) is 0 Å². The Hall–Kier alpha value is 1.03. The first-order valence-corrected chi connectivity index (χ1v) is 15.5. The first-order chi connectivity index (χ1) is 3.61. The summed E-state index contributed by atoms with van der Waals surface area (Å²) in [4.78, 5) is 0. The van der Waals surface area contributed by atoms with Crippen LogP contribution in [0.4, 0.5) is 0 Å². The summed E-state index contributed by atoms with van der Waals surface area (Å²) in [5.41, 5.74) is 0. The zero-order chi connectivity index (χ0) is 10.0. The molecule has 0 saturated carbocycles.